The highest BCUT2D eigenvalue weighted by Gasteiger charge is 2.12. The maximum atomic E-state index is 13.1. The summed E-state index contributed by atoms with van der Waals surface area (Å²) in [5.74, 6) is -2.70. The van der Waals surface area contributed by atoms with Crippen molar-refractivity contribution < 1.29 is 18.4 Å². The number of ketones is 1. The molecule has 2 rings (SSSR count). The number of rotatable bonds is 3. The van der Waals surface area contributed by atoms with Crippen LogP contribution in [0.5, 0.6) is 0 Å². The molecule has 0 fully saturated rings. The van der Waals surface area contributed by atoms with Crippen molar-refractivity contribution in [1.29, 1.82) is 0 Å². The zero-order chi connectivity index (χ0) is 14.7. The van der Waals surface area contributed by atoms with Gasteiger partial charge in [-0.3, -0.25) is 9.59 Å². The summed E-state index contributed by atoms with van der Waals surface area (Å²) >= 11 is 0. The molecule has 0 radical (unpaired) electrons. The molecule has 1 amide bonds. The topological polar surface area (TPSA) is 46.2 Å². The van der Waals surface area contributed by atoms with Crippen LogP contribution in [0.2, 0.25) is 0 Å². The van der Waals surface area contributed by atoms with Crippen LogP contribution >= 0.6 is 0 Å². The van der Waals surface area contributed by atoms with Crippen molar-refractivity contribution in [2.24, 2.45) is 0 Å². The van der Waals surface area contributed by atoms with Crippen LogP contribution in [0.4, 0.5) is 14.5 Å². The van der Waals surface area contributed by atoms with E-state index in [9.17, 15) is 18.4 Å². The highest BCUT2D eigenvalue weighted by molar-refractivity contribution is 6.09. The normalized spacial score (nSPS) is 10.2. The summed E-state index contributed by atoms with van der Waals surface area (Å²) in [5.41, 5.74) is 0.945. The van der Waals surface area contributed by atoms with E-state index in [1.165, 1.54) is 25.1 Å². The Balaban J connectivity index is 2.24. The van der Waals surface area contributed by atoms with E-state index in [4.69, 9.17) is 0 Å². The summed E-state index contributed by atoms with van der Waals surface area (Å²) in [7, 11) is 0. The fraction of sp³-hybridized carbons (Fsp3) is 0.0667. The maximum absolute atomic E-state index is 13.1. The van der Waals surface area contributed by atoms with Gasteiger partial charge in [-0.05, 0) is 42.5 Å². The van der Waals surface area contributed by atoms with Gasteiger partial charge in [0, 0.05) is 23.7 Å². The SMILES string of the molecule is CC(=O)Nc1ccc(C(=O)c2ccc(F)c(F)c2)cc1. The van der Waals surface area contributed by atoms with Crippen molar-refractivity contribution in [3.63, 3.8) is 0 Å². The largest absolute Gasteiger partial charge is 0.326 e. The molecule has 1 N–H and O–H groups in total. The lowest BCUT2D eigenvalue weighted by Gasteiger charge is -2.05. The first-order valence-electron chi connectivity index (χ1n) is 5.85. The molecule has 3 nitrogen and oxygen atoms in total. The van der Waals surface area contributed by atoms with Crippen molar-refractivity contribution in [1.82, 2.24) is 0 Å². The Labute approximate surface area is 114 Å². The summed E-state index contributed by atoms with van der Waals surface area (Å²) in [6.07, 6.45) is 0. The van der Waals surface area contributed by atoms with Gasteiger partial charge in [0.25, 0.3) is 0 Å². The molecule has 0 aliphatic heterocycles. The van der Waals surface area contributed by atoms with Crippen LogP contribution in [0.25, 0.3) is 0 Å². The number of hydrogen-bond donors (Lipinski definition) is 1. The van der Waals surface area contributed by atoms with Gasteiger partial charge < -0.3 is 5.32 Å². The van der Waals surface area contributed by atoms with Crippen LogP contribution in [0.1, 0.15) is 22.8 Å². The molecule has 0 atom stereocenters. The highest BCUT2D eigenvalue weighted by atomic mass is 19.2. The summed E-state index contributed by atoms with van der Waals surface area (Å²) in [6.45, 7) is 1.38. The summed E-state index contributed by atoms with van der Waals surface area (Å²) in [4.78, 5) is 22.9. The molecule has 0 bridgehead atoms. The minimum atomic E-state index is -1.06. The van der Waals surface area contributed by atoms with Crippen molar-refractivity contribution in [2.45, 2.75) is 6.92 Å². The Morgan fingerprint density at radius 1 is 0.900 bits per heavy atom. The number of carbonyl (C=O) groups excluding carboxylic acids is 2. The molecule has 0 spiro atoms. The number of nitrogens with one attached hydrogen (secondary N) is 1. The number of halogens is 2. The van der Waals surface area contributed by atoms with E-state index in [2.05, 4.69) is 5.32 Å². The average Bonchev–Trinajstić information content (AvgIpc) is 2.41. The van der Waals surface area contributed by atoms with E-state index in [1.54, 1.807) is 12.1 Å². The predicted molar refractivity (Wildman–Crippen MR) is 70.5 cm³/mol. The number of carbonyl (C=O) groups is 2. The molecule has 0 unspecified atom stereocenters. The second-order valence-corrected chi connectivity index (χ2v) is 4.22. The van der Waals surface area contributed by atoms with Gasteiger partial charge in [0.05, 0.1) is 0 Å². The third-order valence-electron chi connectivity index (χ3n) is 2.65. The van der Waals surface area contributed by atoms with E-state index >= 15 is 0 Å². The molecule has 2 aromatic carbocycles. The first-order valence-corrected chi connectivity index (χ1v) is 5.85. The van der Waals surface area contributed by atoms with Crippen molar-refractivity contribution >= 4 is 17.4 Å². The molecule has 0 aliphatic carbocycles. The van der Waals surface area contributed by atoms with E-state index in [0.29, 0.717) is 11.3 Å². The van der Waals surface area contributed by atoms with E-state index in [1.807, 2.05) is 0 Å². The van der Waals surface area contributed by atoms with Gasteiger partial charge in [0.1, 0.15) is 0 Å². The Morgan fingerprint density at radius 2 is 1.50 bits per heavy atom. The van der Waals surface area contributed by atoms with Crippen molar-refractivity contribution in [3.05, 3.63) is 65.2 Å². The van der Waals surface area contributed by atoms with Gasteiger partial charge in [-0.2, -0.15) is 0 Å². The minimum absolute atomic E-state index is 0.0659. The second kappa shape index (κ2) is 5.61. The summed E-state index contributed by atoms with van der Waals surface area (Å²) < 4.78 is 25.9. The second-order valence-electron chi connectivity index (χ2n) is 4.22. The maximum Gasteiger partial charge on any atom is 0.221 e. The first-order chi connectivity index (χ1) is 9.47. The van der Waals surface area contributed by atoms with Gasteiger partial charge in [-0.1, -0.05) is 0 Å². The van der Waals surface area contributed by atoms with E-state index in [-0.39, 0.29) is 11.5 Å². The molecule has 0 aliphatic rings. The number of amides is 1. The lowest BCUT2D eigenvalue weighted by Crippen LogP contribution is -2.06. The zero-order valence-corrected chi connectivity index (χ0v) is 10.6. The van der Waals surface area contributed by atoms with Crippen LogP contribution in [-0.2, 0) is 4.79 Å². The predicted octanol–water partition coefficient (Wildman–Crippen LogP) is 3.15. The Bertz CT molecular complexity index is 666. The monoisotopic (exact) mass is 275 g/mol. The fourth-order valence-corrected chi connectivity index (χ4v) is 1.71. The molecule has 5 heteroatoms. The fourth-order valence-electron chi connectivity index (χ4n) is 1.71. The number of benzene rings is 2. The molecule has 0 saturated carbocycles. The molecular weight excluding hydrogens is 264 g/mol. The lowest BCUT2D eigenvalue weighted by atomic mass is 10.0. The Hall–Kier alpha value is -2.56. The molecule has 0 heterocycles. The third kappa shape index (κ3) is 3.06. The molecule has 20 heavy (non-hydrogen) atoms. The first kappa shape index (κ1) is 13.9. The zero-order valence-electron chi connectivity index (χ0n) is 10.6. The molecule has 102 valence electrons. The van der Waals surface area contributed by atoms with Crippen molar-refractivity contribution in [2.75, 3.05) is 5.32 Å². The minimum Gasteiger partial charge on any atom is -0.326 e. The van der Waals surface area contributed by atoms with Crippen LogP contribution in [0.3, 0.4) is 0 Å². The van der Waals surface area contributed by atoms with Gasteiger partial charge in [0.15, 0.2) is 17.4 Å². The van der Waals surface area contributed by atoms with Gasteiger partial charge in [-0.25, -0.2) is 8.78 Å². The Morgan fingerprint density at radius 3 is 2.05 bits per heavy atom. The molecule has 0 saturated heterocycles. The van der Waals surface area contributed by atoms with Crippen LogP contribution in [0.15, 0.2) is 42.5 Å². The van der Waals surface area contributed by atoms with Gasteiger partial charge in [0.2, 0.25) is 5.91 Å². The van der Waals surface area contributed by atoms with Gasteiger partial charge in [-0.15, -0.1) is 0 Å². The molecular formula is C15H11F2NO2. The van der Waals surface area contributed by atoms with E-state index < -0.39 is 17.4 Å². The third-order valence-corrected chi connectivity index (χ3v) is 2.65. The van der Waals surface area contributed by atoms with Crippen LogP contribution in [-0.4, -0.2) is 11.7 Å². The van der Waals surface area contributed by atoms with Crippen molar-refractivity contribution in [3.8, 4) is 0 Å². The number of hydrogen-bond acceptors (Lipinski definition) is 2. The molecule has 0 aromatic heterocycles. The Kier molecular flexibility index (Phi) is 3.89. The summed E-state index contributed by atoms with van der Waals surface area (Å²) in [6, 6.07) is 9.14. The standard InChI is InChI=1S/C15H11F2NO2/c1-9(19)18-12-5-2-10(3-6-12)15(20)11-4-7-13(16)14(17)8-11/h2-8H,1H3,(H,18,19). The summed E-state index contributed by atoms with van der Waals surface area (Å²) in [5, 5.41) is 2.57. The molecule has 2 aromatic rings. The number of anilines is 1. The van der Waals surface area contributed by atoms with Crippen LogP contribution in [0, 0.1) is 11.6 Å². The van der Waals surface area contributed by atoms with E-state index in [0.717, 1.165) is 12.1 Å². The lowest BCUT2D eigenvalue weighted by molar-refractivity contribution is -0.114. The average molecular weight is 275 g/mol. The smallest absolute Gasteiger partial charge is 0.221 e. The van der Waals surface area contributed by atoms with Crippen LogP contribution < -0.4 is 5.32 Å². The van der Waals surface area contributed by atoms with Gasteiger partial charge >= 0.3 is 0 Å². The highest BCUT2D eigenvalue weighted by Crippen LogP contribution is 2.16. The quantitative estimate of drug-likeness (QED) is 0.875.